The van der Waals surface area contributed by atoms with Gasteiger partial charge in [-0.3, -0.25) is 4.90 Å². The van der Waals surface area contributed by atoms with Gasteiger partial charge in [0.25, 0.3) is 0 Å². The van der Waals surface area contributed by atoms with Crippen molar-refractivity contribution in [1.29, 1.82) is 0 Å². The van der Waals surface area contributed by atoms with Gasteiger partial charge in [0.05, 0.1) is 5.56 Å². The van der Waals surface area contributed by atoms with Gasteiger partial charge in [-0.25, -0.2) is 4.79 Å². The van der Waals surface area contributed by atoms with Gasteiger partial charge in [0.15, 0.2) is 0 Å². The van der Waals surface area contributed by atoms with E-state index >= 15 is 0 Å². The third-order valence-electron chi connectivity index (χ3n) is 4.13. The van der Waals surface area contributed by atoms with Crippen LogP contribution in [0.15, 0.2) is 42.5 Å². The topological polar surface area (TPSA) is 29.5 Å². The Morgan fingerprint density at radius 1 is 0.957 bits per heavy atom. The predicted octanol–water partition coefficient (Wildman–Crippen LogP) is 4.36. The number of carbonyl (C=O) groups is 1. The molecule has 0 atom stereocenters. The number of hydrogen-bond acceptors (Lipinski definition) is 3. The molecule has 0 aliphatic heterocycles. The Morgan fingerprint density at radius 2 is 1.57 bits per heavy atom. The summed E-state index contributed by atoms with van der Waals surface area (Å²) in [4.78, 5) is 14.9. The van der Waals surface area contributed by atoms with Gasteiger partial charge in [0.2, 0.25) is 0 Å². The minimum atomic E-state index is -0.287. The van der Waals surface area contributed by atoms with E-state index in [0.29, 0.717) is 11.3 Å². The number of carbonyl (C=O) groups excluding carboxylic acids is 1. The monoisotopic (exact) mass is 311 g/mol. The van der Waals surface area contributed by atoms with Crippen LogP contribution in [0.1, 0.15) is 40.9 Å². The molecule has 0 heterocycles. The normalized spacial score (nSPS) is 10.8. The summed E-state index contributed by atoms with van der Waals surface area (Å²) in [5.74, 6) is 0.375. The van der Waals surface area contributed by atoms with Gasteiger partial charge >= 0.3 is 5.97 Å². The van der Waals surface area contributed by atoms with E-state index in [-0.39, 0.29) is 5.97 Å². The van der Waals surface area contributed by atoms with E-state index in [1.165, 1.54) is 0 Å². The second kappa shape index (κ2) is 7.93. The Hall–Kier alpha value is -2.13. The number of ether oxygens (including phenoxy) is 1. The quantitative estimate of drug-likeness (QED) is 0.586. The lowest BCUT2D eigenvalue weighted by atomic mass is 10.1. The van der Waals surface area contributed by atoms with Crippen LogP contribution in [0.5, 0.6) is 5.75 Å². The first-order valence-corrected chi connectivity index (χ1v) is 8.15. The Kier molecular flexibility index (Phi) is 5.94. The van der Waals surface area contributed by atoms with E-state index in [4.69, 9.17) is 4.74 Å². The molecule has 2 aromatic carbocycles. The third-order valence-corrected chi connectivity index (χ3v) is 4.13. The van der Waals surface area contributed by atoms with Crippen LogP contribution in [0.4, 0.5) is 0 Å². The van der Waals surface area contributed by atoms with E-state index in [2.05, 4.69) is 18.7 Å². The van der Waals surface area contributed by atoms with Crippen molar-refractivity contribution in [1.82, 2.24) is 4.90 Å². The molecule has 3 nitrogen and oxygen atoms in total. The zero-order valence-electron chi connectivity index (χ0n) is 14.4. The first-order chi connectivity index (χ1) is 11.1. The molecule has 2 rings (SSSR count). The molecular weight excluding hydrogens is 286 g/mol. The van der Waals surface area contributed by atoms with E-state index < -0.39 is 0 Å². The molecule has 122 valence electrons. The van der Waals surface area contributed by atoms with E-state index in [1.54, 1.807) is 0 Å². The van der Waals surface area contributed by atoms with Crippen LogP contribution in [-0.2, 0) is 6.54 Å². The summed E-state index contributed by atoms with van der Waals surface area (Å²) < 4.78 is 5.69. The second-order valence-corrected chi connectivity index (χ2v) is 5.73. The summed E-state index contributed by atoms with van der Waals surface area (Å²) in [5.41, 5.74) is 3.59. The highest BCUT2D eigenvalue weighted by Crippen LogP contribution is 2.24. The summed E-state index contributed by atoms with van der Waals surface area (Å²) in [7, 11) is 0. The lowest BCUT2D eigenvalue weighted by molar-refractivity contribution is 0.0730. The molecule has 0 amide bonds. The first kappa shape index (κ1) is 17.2. The summed E-state index contributed by atoms with van der Waals surface area (Å²) >= 11 is 0. The van der Waals surface area contributed by atoms with E-state index in [1.807, 2.05) is 56.3 Å². The fourth-order valence-corrected chi connectivity index (χ4v) is 2.65. The summed E-state index contributed by atoms with van der Waals surface area (Å²) in [5, 5.41) is 0. The van der Waals surface area contributed by atoms with Crippen molar-refractivity contribution in [2.75, 3.05) is 13.1 Å². The fraction of sp³-hybridized carbons (Fsp3) is 0.350. The number of nitrogens with zero attached hydrogens (tertiary/aromatic N) is 1. The average Bonchev–Trinajstić information content (AvgIpc) is 2.56. The van der Waals surface area contributed by atoms with E-state index in [0.717, 1.165) is 36.3 Å². The lowest BCUT2D eigenvalue weighted by Gasteiger charge is -2.20. The summed E-state index contributed by atoms with van der Waals surface area (Å²) in [6.07, 6.45) is 0. The van der Waals surface area contributed by atoms with Gasteiger partial charge in [-0.1, -0.05) is 50.2 Å². The minimum absolute atomic E-state index is 0.287. The maximum atomic E-state index is 12.7. The molecule has 0 saturated heterocycles. The highest BCUT2D eigenvalue weighted by molar-refractivity contribution is 5.93. The van der Waals surface area contributed by atoms with Crippen LogP contribution in [0.25, 0.3) is 0 Å². The van der Waals surface area contributed by atoms with Crippen molar-refractivity contribution >= 4 is 5.97 Å². The highest BCUT2D eigenvalue weighted by Gasteiger charge is 2.16. The molecule has 0 saturated carbocycles. The van der Waals surface area contributed by atoms with Crippen molar-refractivity contribution in [3.63, 3.8) is 0 Å². The zero-order valence-corrected chi connectivity index (χ0v) is 14.4. The van der Waals surface area contributed by atoms with Gasteiger partial charge in [-0.05, 0) is 49.7 Å². The molecule has 0 aromatic heterocycles. The minimum Gasteiger partial charge on any atom is -0.422 e. The number of rotatable bonds is 6. The molecule has 0 fully saturated rings. The van der Waals surface area contributed by atoms with Gasteiger partial charge in [-0.15, -0.1) is 0 Å². The van der Waals surface area contributed by atoms with Gasteiger partial charge in [0.1, 0.15) is 5.75 Å². The van der Waals surface area contributed by atoms with E-state index in [9.17, 15) is 4.79 Å². The maximum Gasteiger partial charge on any atom is 0.343 e. The average molecular weight is 311 g/mol. The van der Waals surface area contributed by atoms with Crippen LogP contribution in [0.2, 0.25) is 0 Å². The molecule has 2 aromatic rings. The summed E-state index contributed by atoms with van der Waals surface area (Å²) in [6, 6.07) is 13.6. The molecule has 0 bridgehead atoms. The van der Waals surface area contributed by atoms with Crippen molar-refractivity contribution < 1.29 is 9.53 Å². The molecule has 3 heteroatoms. The van der Waals surface area contributed by atoms with Crippen LogP contribution < -0.4 is 4.74 Å². The fourth-order valence-electron chi connectivity index (χ4n) is 2.65. The highest BCUT2D eigenvalue weighted by atomic mass is 16.5. The number of aryl methyl sites for hydroxylation is 2. The largest absolute Gasteiger partial charge is 0.422 e. The molecule has 23 heavy (non-hydrogen) atoms. The SMILES string of the molecule is CCN(CC)Cc1ccccc1C(=O)Oc1c(C)cccc1C. The smallest absolute Gasteiger partial charge is 0.343 e. The van der Waals surface area contributed by atoms with Crippen LogP contribution in [0, 0.1) is 13.8 Å². The Bertz CT molecular complexity index is 655. The Morgan fingerprint density at radius 3 is 2.17 bits per heavy atom. The molecular formula is C20H25NO2. The molecule has 0 spiro atoms. The molecule has 0 radical (unpaired) electrons. The number of esters is 1. The van der Waals surface area contributed by atoms with Crippen LogP contribution >= 0.6 is 0 Å². The number of para-hydroxylation sites is 1. The maximum absolute atomic E-state index is 12.7. The standard InChI is InChI=1S/C20H25NO2/c1-5-21(6-2)14-17-12-7-8-13-18(17)20(22)23-19-15(3)10-9-11-16(19)4/h7-13H,5-6,14H2,1-4H3. The Labute approximate surface area is 138 Å². The predicted molar refractivity (Wildman–Crippen MR) is 93.9 cm³/mol. The van der Waals surface area contributed by atoms with Crippen LogP contribution in [-0.4, -0.2) is 24.0 Å². The lowest BCUT2D eigenvalue weighted by Crippen LogP contribution is -2.24. The van der Waals surface area contributed by atoms with Gasteiger partial charge in [0, 0.05) is 6.54 Å². The molecule has 0 aliphatic rings. The Balaban J connectivity index is 2.26. The van der Waals surface area contributed by atoms with Crippen molar-refractivity contribution in [2.24, 2.45) is 0 Å². The number of hydrogen-bond donors (Lipinski definition) is 0. The zero-order chi connectivity index (χ0) is 16.8. The number of benzene rings is 2. The van der Waals surface area contributed by atoms with Gasteiger partial charge < -0.3 is 4.74 Å². The molecule has 0 N–H and O–H groups in total. The van der Waals surface area contributed by atoms with Crippen molar-refractivity contribution in [3.8, 4) is 5.75 Å². The van der Waals surface area contributed by atoms with Crippen molar-refractivity contribution in [2.45, 2.75) is 34.2 Å². The summed E-state index contributed by atoms with van der Waals surface area (Å²) in [6.45, 7) is 10.8. The van der Waals surface area contributed by atoms with Crippen molar-refractivity contribution in [3.05, 3.63) is 64.7 Å². The third kappa shape index (κ3) is 4.20. The molecule has 0 aliphatic carbocycles. The second-order valence-electron chi connectivity index (χ2n) is 5.73. The van der Waals surface area contributed by atoms with Gasteiger partial charge in [-0.2, -0.15) is 0 Å². The first-order valence-electron chi connectivity index (χ1n) is 8.15. The molecule has 0 unspecified atom stereocenters. The van der Waals surface area contributed by atoms with Crippen LogP contribution in [0.3, 0.4) is 0 Å².